The zero-order valence-corrected chi connectivity index (χ0v) is 6.88. The molecular weight excluding hydrogens is 156 g/mol. The van der Waals surface area contributed by atoms with Crippen LogP contribution in [0.1, 0.15) is 32.1 Å². The molecule has 2 rings (SSSR count). The third-order valence-electron chi connectivity index (χ3n) is 3.15. The molecule has 2 saturated carbocycles. The Morgan fingerprint density at radius 1 is 1.25 bits per heavy atom. The minimum absolute atomic E-state index is 0.218. The number of ketones is 2. The highest BCUT2D eigenvalue weighted by Crippen LogP contribution is 2.46. The summed E-state index contributed by atoms with van der Waals surface area (Å²) in [6.07, 6.45) is 2.62. The molecule has 1 spiro atoms. The van der Waals surface area contributed by atoms with E-state index in [0.29, 0.717) is 0 Å². The molecule has 0 amide bonds. The Morgan fingerprint density at radius 2 is 1.83 bits per heavy atom. The Labute approximate surface area is 70.8 Å². The van der Waals surface area contributed by atoms with Crippen molar-refractivity contribution in [3.8, 4) is 0 Å². The maximum Gasteiger partial charge on any atom is 0.175 e. The third-order valence-corrected chi connectivity index (χ3v) is 3.15. The first kappa shape index (κ1) is 7.92. The number of rotatable bonds is 0. The zero-order valence-electron chi connectivity index (χ0n) is 6.88. The summed E-state index contributed by atoms with van der Waals surface area (Å²) in [7, 11) is 0. The van der Waals surface area contributed by atoms with Crippen LogP contribution in [0.2, 0.25) is 0 Å². The van der Waals surface area contributed by atoms with Gasteiger partial charge in [-0.25, -0.2) is 0 Å². The molecule has 3 heteroatoms. The van der Waals surface area contributed by atoms with Crippen molar-refractivity contribution in [1.29, 1.82) is 0 Å². The monoisotopic (exact) mass is 168 g/mol. The summed E-state index contributed by atoms with van der Waals surface area (Å²) in [6.45, 7) is 0. The SMILES string of the molecule is O=C1CC2(CCCC2)C(=O)C1O. The van der Waals surface area contributed by atoms with Crippen LogP contribution < -0.4 is 0 Å². The van der Waals surface area contributed by atoms with Crippen molar-refractivity contribution in [3.05, 3.63) is 0 Å². The molecule has 66 valence electrons. The lowest BCUT2D eigenvalue weighted by atomic mass is 9.83. The van der Waals surface area contributed by atoms with Crippen LogP contribution >= 0.6 is 0 Å². The van der Waals surface area contributed by atoms with Gasteiger partial charge in [-0.15, -0.1) is 0 Å². The van der Waals surface area contributed by atoms with Gasteiger partial charge in [-0.1, -0.05) is 12.8 Å². The van der Waals surface area contributed by atoms with Crippen molar-refractivity contribution in [3.63, 3.8) is 0 Å². The fourth-order valence-electron chi connectivity index (χ4n) is 2.43. The van der Waals surface area contributed by atoms with Gasteiger partial charge in [0.15, 0.2) is 17.7 Å². The lowest BCUT2D eigenvalue weighted by Gasteiger charge is -2.18. The van der Waals surface area contributed by atoms with Gasteiger partial charge in [0.25, 0.3) is 0 Å². The second-order valence-corrected chi connectivity index (χ2v) is 3.90. The minimum atomic E-state index is -1.30. The van der Waals surface area contributed by atoms with Crippen molar-refractivity contribution < 1.29 is 14.7 Å². The average molecular weight is 168 g/mol. The highest BCUT2D eigenvalue weighted by molar-refractivity contribution is 6.14. The number of carbonyl (C=O) groups excluding carboxylic acids is 2. The number of hydrogen-bond acceptors (Lipinski definition) is 3. The predicted molar refractivity (Wildman–Crippen MR) is 41.5 cm³/mol. The summed E-state index contributed by atoms with van der Waals surface area (Å²) in [5, 5.41) is 9.19. The first-order valence-corrected chi connectivity index (χ1v) is 4.41. The Morgan fingerprint density at radius 3 is 2.25 bits per heavy atom. The second kappa shape index (κ2) is 2.39. The van der Waals surface area contributed by atoms with E-state index in [4.69, 9.17) is 0 Å². The van der Waals surface area contributed by atoms with Crippen molar-refractivity contribution in [1.82, 2.24) is 0 Å². The van der Waals surface area contributed by atoms with Gasteiger partial charge < -0.3 is 5.11 Å². The number of aliphatic hydroxyl groups is 1. The largest absolute Gasteiger partial charge is 0.378 e. The summed E-state index contributed by atoms with van der Waals surface area (Å²) in [4.78, 5) is 22.5. The number of Topliss-reactive ketones (excluding diaryl/α,β-unsaturated/α-hetero) is 2. The molecule has 0 aromatic carbocycles. The van der Waals surface area contributed by atoms with Gasteiger partial charge in [0, 0.05) is 11.8 Å². The summed E-state index contributed by atoms with van der Waals surface area (Å²) < 4.78 is 0. The average Bonchev–Trinajstić information content (AvgIpc) is 2.57. The normalized spacial score (nSPS) is 33.6. The number of aliphatic hydroxyl groups excluding tert-OH is 1. The summed E-state index contributed by atoms with van der Waals surface area (Å²) in [5.41, 5.74) is -0.448. The van der Waals surface area contributed by atoms with Crippen LogP contribution in [0, 0.1) is 5.41 Å². The third kappa shape index (κ3) is 0.860. The fourth-order valence-corrected chi connectivity index (χ4v) is 2.43. The number of carbonyl (C=O) groups is 2. The van der Waals surface area contributed by atoms with Crippen molar-refractivity contribution >= 4 is 11.6 Å². The van der Waals surface area contributed by atoms with Gasteiger partial charge in [0.2, 0.25) is 0 Å². The van der Waals surface area contributed by atoms with Crippen LogP contribution in [0.3, 0.4) is 0 Å². The van der Waals surface area contributed by atoms with Crippen molar-refractivity contribution in [2.75, 3.05) is 0 Å². The first-order valence-electron chi connectivity index (χ1n) is 4.41. The molecule has 0 saturated heterocycles. The molecular formula is C9H12O3. The van der Waals surface area contributed by atoms with E-state index < -0.39 is 11.5 Å². The van der Waals surface area contributed by atoms with E-state index >= 15 is 0 Å². The molecule has 0 heterocycles. The summed E-state index contributed by atoms with van der Waals surface area (Å²) >= 11 is 0. The topological polar surface area (TPSA) is 54.4 Å². The van der Waals surface area contributed by atoms with E-state index in [0.717, 1.165) is 25.7 Å². The molecule has 1 N–H and O–H groups in total. The molecule has 2 aliphatic carbocycles. The van der Waals surface area contributed by atoms with Gasteiger partial charge in [0.05, 0.1) is 0 Å². The Balaban J connectivity index is 2.29. The molecule has 1 atom stereocenters. The molecule has 12 heavy (non-hydrogen) atoms. The molecule has 3 nitrogen and oxygen atoms in total. The molecule has 0 aliphatic heterocycles. The second-order valence-electron chi connectivity index (χ2n) is 3.90. The molecule has 2 fully saturated rings. The Hall–Kier alpha value is -0.700. The molecule has 0 aromatic heterocycles. The van der Waals surface area contributed by atoms with Gasteiger partial charge in [-0.3, -0.25) is 9.59 Å². The molecule has 0 aromatic rings. The quantitative estimate of drug-likeness (QED) is 0.534. The molecule has 2 aliphatic rings. The van der Waals surface area contributed by atoms with Crippen molar-refractivity contribution in [2.45, 2.75) is 38.2 Å². The lowest BCUT2D eigenvalue weighted by molar-refractivity contribution is -0.135. The highest BCUT2D eigenvalue weighted by Gasteiger charge is 2.52. The standard InChI is InChI=1S/C9H12O3/c10-6-5-9(3-1-2-4-9)8(12)7(6)11/h7,11H,1-5H2. The van der Waals surface area contributed by atoms with Gasteiger partial charge in [0.1, 0.15) is 0 Å². The number of hydrogen-bond donors (Lipinski definition) is 1. The minimum Gasteiger partial charge on any atom is -0.378 e. The van der Waals surface area contributed by atoms with Gasteiger partial charge in [-0.05, 0) is 12.8 Å². The zero-order chi connectivity index (χ0) is 8.77. The van der Waals surface area contributed by atoms with Crippen molar-refractivity contribution in [2.24, 2.45) is 5.41 Å². The van der Waals surface area contributed by atoms with Crippen LogP contribution in [0.25, 0.3) is 0 Å². The molecule has 1 unspecified atom stereocenters. The van der Waals surface area contributed by atoms with E-state index in [-0.39, 0.29) is 18.0 Å². The smallest absolute Gasteiger partial charge is 0.175 e. The summed E-state index contributed by atoms with van der Waals surface area (Å²) in [5.74, 6) is -0.494. The highest BCUT2D eigenvalue weighted by atomic mass is 16.3. The van der Waals surface area contributed by atoms with E-state index in [2.05, 4.69) is 0 Å². The Kier molecular flexibility index (Phi) is 1.58. The van der Waals surface area contributed by atoms with E-state index in [9.17, 15) is 14.7 Å². The maximum atomic E-state index is 11.5. The first-order chi connectivity index (χ1) is 5.66. The fraction of sp³-hybridized carbons (Fsp3) is 0.778. The Bertz CT molecular complexity index is 238. The van der Waals surface area contributed by atoms with E-state index in [1.165, 1.54) is 0 Å². The van der Waals surface area contributed by atoms with Gasteiger partial charge >= 0.3 is 0 Å². The van der Waals surface area contributed by atoms with Crippen LogP contribution in [-0.2, 0) is 9.59 Å². The van der Waals surface area contributed by atoms with E-state index in [1.54, 1.807) is 0 Å². The van der Waals surface area contributed by atoms with Crippen LogP contribution in [-0.4, -0.2) is 22.8 Å². The van der Waals surface area contributed by atoms with E-state index in [1.807, 2.05) is 0 Å². The van der Waals surface area contributed by atoms with Gasteiger partial charge in [-0.2, -0.15) is 0 Å². The van der Waals surface area contributed by atoms with Crippen LogP contribution in [0.4, 0.5) is 0 Å². The lowest BCUT2D eigenvalue weighted by Crippen LogP contribution is -2.28. The molecule has 0 radical (unpaired) electrons. The maximum absolute atomic E-state index is 11.5. The van der Waals surface area contributed by atoms with Crippen LogP contribution in [0.5, 0.6) is 0 Å². The summed E-state index contributed by atoms with van der Waals surface area (Å²) in [6, 6.07) is 0. The van der Waals surface area contributed by atoms with Crippen LogP contribution in [0.15, 0.2) is 0 Å². The predicted octanol–water partition coefficient (Wildman–Crippen LogP) is 0.450. The molecule has 0 bridgehead atoms.